The first-order chi connectivity index (χ1) is 34.4. The normalized spacial score (nSPS) is 17.6. The molecule has 0 saturated carbocycles. The number of ether oxygens (including phenoxy) is 2. The third-order valence-electron chi connectivity index (χ3n) is 13.3. The van der Waals surface area contributed by atoms with E-state index in [4.69, 9.17) is 14.5 Å². The van der Waals surface area contributed by atoms with Crippen LogP contribution in [0.3, 0.4) is 0 Å². The fraction of sp³-hybridized carbons (Fsp3) is 0.367. The number of carbonyl (C=O) groups is 9. The lowest BCUT2D eigenvalue weighted by Crippen LogP contribution is -2.52. The second-order valence-corrected chi connectivity index (χ2v) is 17.6. The lowest BCUT2D eigenvalue weighted by molar-refractivity contribution is -0.172. The smallest absolute Gasteiger partial charge is 0.343 e. The second-order valence-electron chi connectivity index (χ2n) is 17.6. The highest BCUT2D eigenvalue weighted by Gasteiger charge is 2.46. The molecule has 4 aliphatic rings. The number of hydrogen-bond donors (Lipinski definition) is 6. The zero-order valence-electron chi connectivity index (χ0n) is 39.3. The molecule has 5 heterocycles. The summed E-state index contributed by atoms with van der Waals surface area (Å²) in [5, 5.41) is 24.0. The molecule has 0 spiro atoms. The quantitative estimate of drug-likeness (QED) is 0.0268. The van der Waals surface area contributed by atoms with Crippen molar-refractivity contribution in [1.29, 1.82) is 0 Å². The van der Waals surface area contributed by atoms with Crippen LogP contribution in [0.5, 0.6) is 0 Å². The number of cyclic esters (lactones) is 1. The monoisotopic (exact) mass is 991 g/mol. The van der Waals surface area contributed by atoms with Gasteiger partial charge >= 0.3 is 5.97 Å². The molecule has 2 aromatic carbocycles. The molecule has 22 nitrogen and oxygen atoms in total. The number of amides is 8. The van der Waals surface area contributed by atoms with Crippen LogP contribution in [-0.2, 0) is 84.2 Å². The van der Waals surface area contributed by atoms with E-state index in [1.54, 1.807) is 57.3 Å². The summed E-state index contributed by atoms with van der Waals surface area (Å²) in [5.41, 5.74) is 1.88. The van der Waals surface area contributed by atoms with Gasteiger partial charge in [-0.05, 0) is 54.5 Å². The maximum absolute atomic E-state index is 15.4. The molecule has 2 aromatic heterocycles. The summed E-state index contributed by atoms with van der Waals surface area (Å²) in [6.45, 7) is -0.195. The van der Waals surface area contributed by atoms with Gasteiger partial charge in [-0.25, -0.2) is 14.2 Å². The zero-order valence-corrected chi connectivity index (χ0v) is 39.3. The molecule has 0 fully saturated rings. The minimum atomic E-state index is -2.06. The van der Waals surface area contributed by atoms with Crippen molar-refractivity contribution in [2.75, 3.05) is 46.6 Å². The summed E-state index contributed by atoms with van der Waals surface area (Å²) in [4.78, 5) is 134. The number of carbonyl (C=O) groups excluding carboxylic acids is 9. The number of rotatable bonds is 18. The first kappa shape index (κ1) is 50.2. The molecule has 23 heteroatoms. The van der Waals surface area contributed by atoms with Gasteiger partial charge in [-0.3, -0.25) is 48.1 Å². The van der Waals surface area contributed by atoms with Gasteiger partial charge in [0.2, 0.25) is 35.4 Å². The number of hydrogen-bond acceptors (Lipinski definition) is 14. The van der Waals surface area contributed by atoms with Crippen LogP contribution >= 0.6 is 0 Å². The standard InChI is InChI=1S/C49H50FN9O13/c1-4-49(70)30-15-35-45-28(20-58(35)47(68)29(30)22-72-48(49)69)44-34(11-10-27-25(2)31(50)16-32(56-45)43(27)44)57(3)42(66)23-71-24-54-37(61)18-53-46(67)33(14-26-8-6-5-7-9-26)55-38(62)19-51-36(60)17-52-39(63)21-59-40(64)12-13-41(59)65/h5-9,12-13,15-16,33-34,70H,4,10-11,14,17-24H2,1-3H3,(H,51,60)(H,52,63)(H,53,67)(H,54,61)(H,55,62)/t33-,34-,49-/m0/s1. The number of pyridine rings is 2. The molecule has 3 atom stereocenters. The van der Waals surface area contributed by atoms with Crippen LogP contribution in [0, 0.1) is 12.7 Å². The molecule has 8 rings (SSSR count). The highest BCUT2D eigenvalue weighted by atomic mass is 19.1. The van der Waals surface area contributed by atoms with Crippen molar-refractivity contribution in [3.63, 3.8) is 0 Å². The van der Waals surface area contributed by atoms with E-state index in [2.05, 4.69) is 26.6 Å². The molecular weight excluding hydrogens is 942 g/mol. The van der Waals surface area contributed by atoms with Gasteiger partial charge in [0.25, 0.3) is 17.4 Å². The third kappa shape index (κ3) is 9.92. The maximum Gasteiger partial charge on any atom is 0.343 e. The summed E-state index contributed by atoms with van der Waals surface area (Å²) in [6, 6.07) is 9.77. The van der Waals surface area contributed by atoms with Gasteiger partial charge in [-0.1, -0.05) is 37.3 Å². The van der Waals surface area contributed by atoms with Crippen molar-refractivity contribution in [2.45, 2.75) is 70.4 Å². The Morgan fingerprint density at radius 2 is 1.60 bits per heavy atom. The average Bonchev–Trinajstić information content (AvgIpc) is 3.90. The first-order valence-electron chi connectivity index (χ1n) is 23.0. The maximum atomic E-state index is 15.4. The number of aromatic nitrogens is 2. The molecular formula is C49H50FN9O13. The van der Waals surface area contributed by atoms with Gasteiger partial charge < -0.3 is 50.6 Å². The van der Waals surface area contributed by atoms with E-state index in [9.17, 15) is 53.1 Å². The molecule has 1 aliphatic carbocycles. The minimum Gasteiger partial charge on any atom is -0.458 e. The first-order valence-corrected chi connectivity index (χ1v) is 23.0. The Balaban J connectivity index is 0.859. The Kier molecular flexibility index (Phi) is 14.4. The number of halogens is 1. The number of benzene rings is 2. The van der Waals surface area contributed by atoms with Crippen LogP contribution in [0.1, 0.15) is 64.8 Å². The van der Waals surface area contributed by atoms with Gasteiger partial charge in [0.05, 0.1) is 54.7 Å². The van der Waals surface area contributed by atoms with Crippen LogP contribution in [-0.4, -0.2) is 130 Å². The number of aryl methyl sites for hydroxylation is 1. The van der Waals surface area contributed by atoms with Crippen LogP contribution in [0.15, 0.2) is 59.4 Å². The highest BCUT2D eigenvalue weighted by Crippen LogP contribution is 2.47. The van der Waals surface area contributed by atoms with E-state index in [1.807, 2.05) is 0 Å². The lowest BCUT2D eigenvalue weighted by Gasteiger charge is -2.35. The van der Waals surface area contributed by atoms with Gasteiger partial charge in [-0.15, -0.1) is 0 Å². The molecule has 4 aromatic rings. The number of nitrogens with zero attached hydrogens (tertiary/aromatic N) is 4. The zero-order chi connectivity index (χ0) is 51.6. The van der Waals surface area contributed by atoms with Crippen molar-refractivity contribution < 1.29 is 62.1 Å². The topological polar surface area (TPSA) is 294 Å². The Labute approximate surface area is 409 Å². The van der Waals surface area contributed by atoms with Crippen molar-refractivity contribution in [3.05, 3.63) is 110 Å². The van der Waals surface area contributed by atoms with Crippen LogP contribution in [0.4, 0.5) is 4.39 Å². The number of imide groups is 1. The Bertz CT molecular complexity index is 3050. The lowest BCUT2D eigenvalue weighted by atomic mass is 9.81. The summed E-state index contributed by atoms with van der Waals surface area (Å²) < 4.78 is 27.7. The van der Waals surface area contributed by atoms with E-state index in [1.165, 1.54) is 15.5 Å². The second kappa shape index (κ2) is 20.7. The number of likely N-dealkylation sites (N-methyl/N-ethyl adjacent to an activating group) is 1. The predicted octanol–water partition coefficient (Wildman–Crippen LogP) is -0.936. The molecule has 6 N–H and O–H groups in total. The molecule has 0 unspecified atom stereocenters. The number of aliphatic hydroxyl groups is 1. The van der Waals surface area contributed by atoms with Gasteiger partial charge in [0, 0.05) is 48.2 Å². The Morgan fingerprint density at radius 3 is 2.32 bits per heavy atom. The molecule has 8 amide bonds. The SMILES string of the molecule is CC[C@@]1(O)C(=O)OCc2c1cc1n(c2=O)Cc2c-1nc1cc(F)c(C)c3c1c2[C@@H](N(C)C(=O)COCNC(=O)CNC(=O)[C@H](Cc1ccccc1)NC(=O)CNC(=O)CNC(=O)CN1C(=O)C=CC1=O)CC3. The van der Waals surface area contributed by atoms with Crippen LogP contribution in [0.25, 0.3) is 22.3 Å². The summed E-state index contributed by atoms with van der Waals surface area (Å²) >= 11 is 0. The van der Waals surface area contributed by atoms with Crippen molar-refractivity contribution in [2.24, 2.45) is 0 Å². The fourth-order valence-corrected chi connectivity index (χ4v) is 9.33. The van der Waals surface area contributed by atoms with E-state index in [0.717, 1.165) is 17.7 Å². The largest absolute Gasteiger partial charge is 0.458 e. The minimum absolute atomic E-state index is 0.0106. The number of esters is 1. The van der Waals surface area contributed by atoms with Crippen LogP contribution < -0.4 is 32.1 Å². The molecule has 3 aliphatic heterocycles. The molecule has 376 valence electrons. The Morgan fingerprint density at radius 1 is 0.917 bits per heavy atom. The van der Waals surface area contributed by atoms with E-state index >= 15 is 4.39 Å². The van der Waals surface area contributed by atoms with Crippen molar-refractivity contribution >= 4 is 64.1 Å². The fourth-order valence-electron chi connectivity index (χ4n) is 9.33. The van der Waals surface area contributed by atoms with E-state index in [0.29, 0.717) is 62.3 Å². The van der Waals surface area contributed by atoms with Gasteiger partial charge in [-0.2, -0.15) is 0 Å². The summed E-state index contributed by atoms with van der Waals surface area (Å²) in [5.74, 6) is -6.90. The van der Waals surface area contributed by atoms with E-state index < -0.39 is 122 Å². The summed E-state index contributed by atoms with van der Waals surface area (Å²) in [6.07, 6.45) is 2.77. The average molecular weight is 992 g/mol. The van der Waals surface area contributed by atoms with E-state index in [-0.39, 0.29) is 37.1 Å². The molecule has 0 radical (unpaired) electrons. The molecule has 0 saturated heterocycles. The molecule has 72 heavy (non-hydrogen) atoms. The number of nitrogens with one attached hydrogen (secondary N) is 5. The van der Waals surface area contributed by atoms with Crippen molar-refractivity contribution in [3.8, 4) is 11.4 Å². The van der Waals surface area contributed by atoms with Gasteiger partial charge in [0.15, 0.2) is 5.60 Å². The highest BCUT2D eigenvalue weighted by molar-refractivity contribution is 6.14. The van der Waals surface area contributed by atoms with Crippen LogP contribution in [0.2, 0.25) is 0 Å². The molecule has 0 bridgehead atoms. The summed E-state index contributed by atoms with van der Waals surface area (Å²) in [7, 11) is 1.59. The third-order valence-corrected chi connectivity index (χ3v) is 13.3. The predicted molar refractivity (Wildman–Crippen MR) is 249 cm³/mol. The van der Waals surface area contributed by atoms with Crippen molar-refractivity contribution in [1.82, 2.24) is 45.9 Å². The Hall–Kier alpha value is -8.18. The van der Waals surface area contributed by atoms with Gasteiger partial charge in [0.1, 0.15) is 38.3 Å². The number of fused-ring (bicyclic) bond motifs is 5.